The van der Waals surface area contributed by atoms with Gasteiger partial charge in [-0.1, -0.05) is 57.0 Å². The van der Waals surface area contributed by atoms with Crippen molar-refractivity contribution >= 4 is 0 Å². The molecule has 1 saturated heterocycles. The third kappa shape index (κ3) is 2.75. The largest absolute Gasteiger partial charge is 0.369 e. The number of hydrogen-bond acceptors (Lipinski definition) is 3. The summed E-state index contributed by atoms with van der Waals surface area (Å²) in [6, 6.07) is 10.9. The quantitative estimate of drug-likeness (QED) is 0.554. The van der Waals surface area contributed by atoms with Crippen molar-refractivity contribution in [2.24, 2.45) is 28.6 Å². The second-order valence-corrected chi connectivity index (χ2v) is 11.7. The smallest absolute Gasteiger partial charge is 0.174 e. The zero-order valence-electron chi connectivity index (χ0n) is 19.5. The van der Waals surface area contributed by atoms with Crippen molar-refractivity contribution in [3.63, 3.8) is 0 Å². The maximum Gasteiger partial charge on any atom is 0.174 e. The van der Waals surface area contributed by atoms with Gasteiger partial charge in [0.1, 0.15) is 0 Å². The van der Waals surface area contributed by atoms with E-state index in [4.69, 9.17) is 14.2 Å². The molecule has 1 aromatic carbocycles. The third-order valence-electron chi connectivity index (χ3n) is 10.9. The Balaban J connectivity index is 1.38. The second kappa shape index (κ2) is 7.30. The van der Waals surface area contributed by atoms with E-state index in [1.165, 1.54) is 63.4 Å². The van der Waals surface area contributed by atoms with Gasteiger partial charge in [-0.15, -0.1) is 0 Å². The zero-order chi connectivity index (χ0) is 21.2. The Hall–Kier alpha value is -0.900. The minimum absolute atomic E-state index is 0.000485. The summed E-state index contributed by atoms with van der Waals surface area (Å²) in [5.74, 6) is 1.77. The summed E-state index contributed by atoms with van der Waals surface area (Å²) in [6.07, 6.45) is 12.9. The minimum atomic E-state index is -0.326. The minimum Gasteiger partial charge on any atom is -0.369 e. The third-order valence-corrected chi connectivity index (χ3v) is 10.9. The molecule has 31 heavy (non-hydrogen) atoms. The van der Waals surface area contributed by atoms with Crippen LogP contribution in [0.3, 0.4) is 0 Å². The van der Waals surface area contributed by atoms with E-state index in [1.54, 1.807) is 0 Å². The van der Waals surface area contributed by atoms with Gasteiger partial charge >= 0.3 is 0 Å². The SMILES string of the molecule is C[C@]12CC[C@@]3(OCc4ccccc4)C(CCC4CCCC[C@@]43C)C1CCC21OCCO1. The van der Waals surface area contributed by atoms with E-state index in [0.29, 0.717) is 17.3 Å². The molecule has 0 N–H and O–H groups in total. The Morgan fingerprint density at radius 3 is 2.42 bits per heavy atom. The van der Waals surface area contributed by atoms with Crippen LogP contribution in [0.5, 0.6) is 0 Å². The fourth-order valence-electron chi connectivity index (χ4n) is 9.22. The molecule has 0 bridgehead atoms. The van der Waals surface area contributed by atoms with Crippen LogP contribution in [0.2, 0.25) is 0 Å². The number of ether oxygens (including phenoxy) is 3. The first kappa shape index (κ1) is 20.7. The molecule has 0 amide bonds. The maximum atomic E-state index is 7.26. The Morgan fingerprint density at radius 2 is 1.61 bits per heavy atom. The van der Waals surface area contributed by atoms with E-state index in [-0.39, 0.29) is 16.8 Å². The highest BCUT2D eigenvalue weighted by Gasteiger charge is 2.72. The summed E-state index contributed by atoms with van der Waals surface area (Å²) in [4.78, 5) is 0. The van der Waals surface area contributed by atoms with Crippen LogP contribution in [-0.2, 0) is 20.8 Å². The van der Waals surface area contributed by atoms with Gasteiger partial charge in [0, 0.05) is 11.8 Å². The fourth-order valence-corrected chi connectivity index (χ4v) is 9.22. The van der Waals surface area contributed by atoms with Gasteiger partial charge in [0.2, 0.25) is 0 Å². The fraction of sp³-hybridized carbons (Fsp3) is 0.786. The average Bonchev–Trinajstić information content (AvgIpc) is 3.39. The predicted octanol–water partition coefficient (Wildman–Crippen LogP) is 6.50. The van der Waals surface area contributed by atoms with Crippen molar-refractivity contribution in [3.05, 3.63) is 35.9 Å². The first-order valence-electron chi connectivity index (χ1n) is 13.0. The molecule has 0 aromatic heterocycles. The highest BCUT2D eigenvalue weighted by Crippen LogP contribution is 2.71. The van der Waals surface area contributed by atoms with Gasteiger partial charge in [0.25, 0.3) is 0 Å². The molecule has 1 spiro atoms. The van der Waals surface area contributed by atoms with Crippen molar-refractivity contribution in [1.29, 1.82) is 0 Å². The molecule has 3 heteroatoms. The van der Waals surface area contributed by atoms with E-state index >= 15 is 0 Å². The predicted molar refractivity (Wildman–Crippen MR) is 121 cm³/mol. The van der Waals surface area contributed by atoms with Crippen LogP contribution in [0.1, 0.15) is 83.6 Å². The van der Waals surface area contributed by atoms with Gasteiger partial charge in [-0.05, 0) is 73.7 Å². The molecule has 5 aliphatic rings. The van der Waals surface area contributed by atoms with Crippen LogP contribution in [-0.4, -0.2) is 24.6 Å². The summed E-state index contributed by atoms with van der Waals surface area (Å²) >= 11 is 0. The van der Waals surface area contributed by atoms with E-state index < -0.39 is 0 Å². The number of rotatable bonds is 3. The molecule has 1 aromatic rings. The van der Waals surface area contributed by atoms with Crippen LogP contribution in [0.25, 0.3) is 0 Å². The first-order valence-corrected chi connectivity index (χ1v) is 13.0. The molecule has 170 valence electrons. The number of hydrogen-bond donors (Lipinski definition) is 0. The van der Waals surface area contributed by atoms with Crippen molar-refractivity contribution in [1.82, 2.24) is 0 Å². The van der Waals surface area contributed by atoms with Gasteiger partial charge < -0.3 is 14.2 Å². The lowest BCUT2D eigenvalue weighted by atomic mass is 9.42. The molecule has 1 aliphatic heterocycles. The zero-order valence-corrected chi connectivity index (χ0v) is 19.5. The van der Waals surface area contributed by atoms with Gasteiger partial charge in [-0.25, -0.2) is 0 Å². The summed E-state index contributed by atoms with van der Waals surface area (Å²) in [5.41, 5.74) is 1.75. The van der Waals surface area contributed by atoms with Crippen LogP contribution < -0.4 is 0 Å². The molecule has 6 atom stereocenters. The molecular weight excluding hydrogens is 384 g/mol. The molecular formula is C28H40O3. The Labute approximate surface area is 188 Å². The van der Waals surface area contributed by atoms with Crippen LogP contribution in [0, 0.1) is 28.6 Å². The lowest BCUT2D eigenvalue weighted by Gasteiger charge is -2.67. The molecule has 4 saturated carbocycles. The van der Waals surface area contributed by atoms with Gasteiger partial charge in [0.15, 0.2) is 5.79 Å². The molecule has 3 unspecified atom stereocenters. The Morgan fingerprint density at radius 1 is 0.806 bits per heavy atom. The molecule has 4 aliphatic carbocycles. The molecule has 6 rings (SSSR count). The van der Waals surface area contributed by atoms with Crippen molar-refractivity contribution < 1.29 is 14.2 Å². The van der Waals surface area contributed by atoms with Gasteiger partial charge in [-0.2, -0.15) is 0 Å². The summed E-state index contributed by atoms with van der Waals surface area (Å²) < 4.78 is 20.0. The summed E-state index contributed by atoms with van der Waals surface area (Å²) in [7, 11) is 0. The molecule has 1 heterocycles. The van der Waals surface area contributed by atoms with E-state index in [2.05, 4.69) is 44.2 Å². The highest BCUT2D eigenvalue weighted by atomic mass is 16.7. The molecule has 0 radical (unpaired) electrons. The lowest BCUT2D eigenvalue weighted by Crippen LogP contribution is -2.67. The summed E-state index contributed by atoms with van der Waals surface area (Å²) in [6.45, 7) is 7.39. The van der Waals surface area contributed by atoms with Crippen LogP contribution in [0.4, 0.5) is 0 Å². The molecule has 3 nitrogen and oxygen atoms in total. The van der Waals surface area contributed by atoms with Crippen molar-refractivity contribution in [2.45, 2.75) is 96.1 Å². The lowest BCUT2D eigenvalue weighted by molar-refractivity contribution is -0.295. The summed E-state index contributed by atoms with van der Waals surface area (Å²) in [5, 5.41) is 0. The molecule has 5 fully saturated rings. The van der Waals surface area contributed by atoms with Crippen LogP contribution >= 0.6 is 0 Å². The average molecular weight is 425 g/mol. The highest BCUT2D eigenvalue weighted by molar-refractivity contribution is 5.20. The topological polar surface area (TPSA) is 27.7 Å². The maximum absolute atomic E-state index is 7.26. The van der Waals surface area contributed by atoms with E-state index in [9.17, 15) is 0 Å². The number of benzene rings is 1. The second-order valence-electron chi connectivity index (χ2n) is 11.7. The monoisotopic (exact) mass is 424 g/mol. The van der Waals surface area contributed by atoms with Crippen molar-refractivity contribution in [3.8, 4) is 0 Å². The van der Waals surface area contributed by atoms with Gasteiger partial charge in [-0.3, -0.25) is 0 Å². The van der Waals surface area contributed by atoms with Gasteiger partial charge in [0.05, 0.1) is 25.4 Å². The Bertz CT molecular complexity index is 802. The van der Waals surface area contributed by atoms with E-state index in [1.807, 2.05) is 0 Å². The Kier molecular flexibility index (Phi) is 4.87. The normalized spacial score (nSPS) is 45.8. The van der Waals surface area contributed by atoms with Crippen molar-refractivity contribution in [2.75, 3.05) is 13.2 Å². The number of fused-ring (bicyclic) bond motifs is 6. The van der Waals surface area contributed by atoms with Crippen LogP contribution in [0.15, 0.2) is 30.3 Å². The van der Waals surface area contributed by atoms with E-state index in [0.717, 1.165) is 32.2 Å². The first-order chi connectivity index (χ1) is 15.0. The standard InChI is InChI=1S/C28H40O3/c1-25-14-7-6-10-22(25)11-12-24-23-13-15-28(29-18-19-30-28)26(23,2)16-17-27(24,25)31-20-21-8-4-3-5-9-21/h3-5,8-9,22-24H,6-7,10-20H2,1-2H3/t22?,23?,24?,25-,26-,27+/m0/s1.